The molecule has 45 heavy (non-hydrogen) atoms. The van der Waals surface area contributed by atoms with Gasteiger partial charge in [-0.1, -0.05) is 0 Å². The first-order valence-corrected chi connectivity index (χ1v) is 11.2. The first kappa shape index (κ1) is 34.3. The van der Waals surface area contributed by atoms with Crippen LogP contribution in [0.2, 0.25) is 0 Å². The quantitative estimate of drug-likeness (QED) is 0.216. The molecule has 240 valence electrons. The lowest BCUT2D eigenvalue weighted by molar-refractivity contribution is -0.144. The van der Waals surface area contributed by atoms with Gasteiger partial charge in [0.05, 0.1) is 16.4 Å². The Labute approximate surface area is 237 Å². The van der Waals surface area contributed by atoms with Crippen LogP contribution in [0.1, 0.15) is 16.7 Å². The molecule has 3 aromatic rings. The van der Waals surface area contributed by atoms with Gasteiger partial charge in [-0.2, -0.15) is 26.3 Å². The zero-order chi connectivity index (χ0) is 34.2. The fraction of sp³-hybridized carbons (Fsp3) is 0.143. The van der Waals surface area contributed by atoms with Crippen molar-refractivity contribution in [2.24, 2.45) is 0 Å². The third-order valence-corrected chi connectivity index (χ3v) is 6.13. The van der Waals surface area contributed by atoms with Crippen LogP contribution in [0.5, 0.6) is 0 Å². The third kappa shape index (κ3) is 5.49. The minimum Gasteiger partial charge on any atom is -0.444 e. The largest absolute Gasteiger partial charge is 0.473 e. The minimum atomic E-state index is -6.15. The topological polar surface area (TPSA) is 27.7 Å². The van der Waals surface area contributed by atoms with Crippen molar-refractivity contribution in [2.75, 3.05) is 0 Å². The molecule has 1 fully saturated rings. The molecule has 0 saturated carbocycles. The van der Waals surface area contributed by atoms with Gasteiger partial charge in [0.2, 0.25) is 0 Å². The molecule has 0 unspecified atom stereocenters. The van der Waals surface area contributed by atoms with Gasteiger partial charge in [-0.3, -0.25) is 0 Å². The second-order valence-electron chi connectivity index (χ2n) is 8.78. The Morgan fingerprint density at radius 3 is 0.756 bits per heavy atom. The number of benzene rings is 3. The fourth-order valence-corrected chi connectivity index (χ4v) is 4.02. The van der Waals surface area contributed by atoms with E-state index in [4.69, 9.17) is 0 Å². The number of rotatable bonds is 3. The van der Waals surface area contributed by atoms with E-state index < -0.39 is 137 Å². The highest BCUT2D eigenvalue weighted by Crippen LogP contribution is 2.37. The second kappa shape index (κ2) is 11.4. The van der Waals surface area contributed by atoms with Crippen LogP contribution in [-0.4, -0.2) is 21.4 Å². The first-order valence-electron chi connectivity index (χ1n) is 11.2. The molecule has 1 aliphatic heterocycles. The summed E-state index contributed by atoms with van der Waals surface area (Å²) < 4.78 is 265. The van der Waals surface area contributed by atoms with Gasteiger partial charge in [0.15, 0.2) is 69.8 Å². The molecule has 0 atom stereocenters. The number of halogens is 18. The third-order valence-electron chi connectivity index (χ3n) is 6.13. The molecule has 0 aromatic heterocycles. The van der Waals surface area contributed by atoms with Crippen molar-refractivity contribution >= 4 is 37.7 Å². The predicted octanol–water partition coefficient (Wildman–Crippen LogP) is 5.25. The fourth-order valence-electron chi connectivity index (χ4n) is 4.02. The lowest BCUT2D eigenvalue weighted by atomic mass is 9.60. The molecule has 0 amide bonds. The van der Waals surface area contributed by atoms with E-state index in [1.165, 1.54) is 0 Å². The zero-order valence-electron chi connectivity index (χ0n) is 20.8. The average molecular weight is 678 g/mol. The maximum atomic E-state index is 14.7. The Kier molecular flexibility index (Phi) is 8.68. The van der Waals surface area contributed by atoms with E-state index in [1.807, 2.05) is 0 Å². The summed E-state index contributed by atoms with van der Waals surface area (Å²) in [6, 6.07) is 0. The van der Waals surface area contributed by atoms with Crippen LogP contribution in [0.4, 0.5) is 79.0 Å². The lowest BCUT2D eigenvalue weighted by Crippen LogP contribution is -2.64. The van der Waals surface area contributed by atoms with Gasteiger partial charge in [-0.15, -0.1) is 0 Å². The molecule has 0 bridgehead atoms. The zero-order valence-corrected chi connectivity index (χ0v) is 20.8. The van der Waals surface area contributed by atoms with Crippen molar-refractivity contribution < 1.29 is 92.7 Å². The maximum absolute atomic E-state index is 14.7. The van der Waals surface area contributed by atoms with E-state index in [-0.39, 0.29) is 0 Å². The van der Waals surface area contributed by atoms with E-state index in [0.717, 1.165) is 0 Å². The molecule has 24 heteroatoms. The van der Waals surface area contributed by atoms with Crippen molar-refractivity contribution in [2.45, 2.75) is 19.3 Å². The second-order valence-corrected chi connectivity index (χ2v) is 8.78. The maximum Gasteiger partial charge on any atom is 0.473 e. The molecule has 0 N–H and O–H groups in total. The van der Waals surface area contributed by atoms with Crippen LogP contribution in [0.25, 0.3) is 0 Å². The summed E-state index contributed by atoms with van der Waals surface area (Å²) in [6.07, 6.45) is -12.3. The first-order chi connectivity index (χ1) is 20.5. The van der Waals surface area contributed by atoms with Crippen LogP contribution < -0.4 is 16.4 Å². The van der Waals surface area contributed by atoms with Crippen LogP contribution in [0.3, 0.4) is 0 Å². The molecule has 0 radical (unpaired) electrons. The molecule has 1 saturated heterocycles. The molecule has 1 heterocycles. The molecule has 0 spiro atoms. The Bertz CT molecular complexity index is 1550. The van der Waals surface area contributed by atoms with Crippen molar-refractivity contribution in [3.8, 4) is 0 Å². The van der Waals surface area contributed by atoms with Gasteiger partial charge in [-0.05, 0) is 6.92 Å². The van der Waals surface area contributed by atoms with Crippen LogP contribution in [0.15, 0.2) is 0 Å². The van der Waals surface area contributed by atoms with Gasteiger partial charge in [0.1, 0.15) is 11.1 Å². The van der Waals surface area contributed by atoms with E-state index >= 15 is 0 Å². The predicted molar refractivity (Wildman–Crippen MR) is 113 cm³/mol. The summed E-state index contributed by atoms with van der Waals surface area (Å²) in [6.45, 7) is 0.439. The van der Waals surface area contributed by atoms with Crippen LogP contribution in [-0.2, 0) is 26.1 Å². The summed E-state index contributed by atoms with van der Waals surface area (Å²) >= 11 is 0. The van der Waals surface area contributed by atoms with E-state index in [2.05, 4.69) is 13.7 Å². The highest BCUT2D eigenvalue weighted by molar-refractivity contribution is 6.87. The minimum absolute atomic E-state index is 0.439. The van der Waals surface area contributed by atoms with Crippen molar-refractivity contribution in [3.05, 3.63) is 86.5 Å². The number of alkyl halides is 6. The van der Waals surface area contributed by atoms with Gasteiger partial charge in [0, 0.05) is 5.56 Å². The molecule has 4 rings (SSSR count). The number of hydrogen-bond acceptors (Lipinski definition) is 3. The Morgan fingerprint density at radius 2 is 0.556 bits per heavy atom. The van der Waals surface area contributed by atoms with Crippen LogP contribution in [0, 0.1) is 76.7 Å². The van der Waals surface area contributed by atoms with Crippen molar-refractivity contribution in [3.63, 3.8) is 0 Å². The Balaban J connectivity index is 2.03. The van der Waals surface area contributed by atoms with E-state index in [1.54, 1.807) is 0 Å². The molecular weight excluding hydrogens is 675 g/mol. The van der Waals surface area contributed by atoms with Crippen molar-refractivity contribution in [1.82, 2.24) is 0 Å². The molecule has 1 aliphatic rings. The van der Waals surface area contributed by atoms with Crippen LogP contribution >= 0.6 is 0 Å². The van der Waals surface area contributed by atoms with Gasteiger partial charge < -0.3 is 13.7 Å². The standard InChI is InChI=1S/C21H3B3F18O3/c1-2-8(25)14(31)5(15(32)9(2)26)22-43-23(6-16(33)10(27)3(20(37,38)39)11(28)17(6)34)45-24(44-22)7-18(35)12(29)4(21(40,41)42)13(30)19(7)36/h1H3. The summed E-state index contributed by atoms with van der Waals surface area (Å²) in [7, 11) is -10.5. The summed E-state index contributed by atoms with van der Waals surface area (Å²) in [5.41, 5.74) is -15.0. The number of hydrogen-bond donors (Lipinski definition) is 0. The summed E-state index contributed by atoms with van der Waals surface area (Å²) in [5.74, 6) is -34.9. The van der Waals surface area contributed by atoms with Gasteiger partial charge >= 0.3 is 33.7 Å². The van der Waals surface area contributed by atoms with E-state index in [0.29, 0.717) is 6.92 Å². The van der Waals surface area contributed by atoms with E-state index in [9.17, 15) is 79.0 Å². The average Bonchev–Trinajstić information content (AvgIpc) is 2.92. The smallest absolute Gasteiger partial charge is 0.444 e. The highest BCUT2D eigenvalue weighted by atomic mass is 19.4. The molecule has 3 aromatic carbocycles. The SMILES string of the molecule is Cc1c(F)c(F)c(B2OB(c3c(F)c(F)c(C(F)(F)F)c(F)c3F)OB(c3c(F)c(F)c(C(F)(F)F)c(F)c3F)O2)c(F)c1F. The normalized spacial score (nSPS) is 14.6. The highest BCUT2D eigenvalue weighted by Gasteiger charge is 2.54. The molecule has 3 nitrogen and oxygen atoms in total. The van der Waals surface area contributed by atoms with Gasteiger partial charge in [0.25, 0.3) is 0 Å². The molecular formula is C21H3B3F18O3. The Morgan fingerprint density at radius 1 is 0.356 bits per heavy atom. The molecule has 0 aliphatic carbocycles. The van der Waals surface area contributed by atoms with Gasteiger partial charge in [-0.25, -0.2) is 52.7 Å². The lowest BCUT2D eigenvalue weighted by Gasteiger charge is -2.32. The Hall–Kier alpha value is -3.53. The summed E-state index contributed by atoms with van der Waals surface area (Å²) in [4.78, 5) is 0. The monoisotopic (exact) mass is 678 g/mol. The van der Waals surface area contributed by atoms with Crippen molar-refractivity contribution in [1.29, 1.82) is 0 Å². The summed E-state index contributed by atoms with van der Waals surface area (Å²) in [5, 5.41) is 0.